The predicted molar refractivity (Wildman–Crippen MR) is 418 cm³/mol. The number of allylic oxidation sites excluding steroid dienone is 14. The highest BCUT2D eigenvalue weighted by Gasteiger charge is 2.30. The molecule has 0 radical (unpaired) electrons. The van der Waals surface area contributed by atoms with Gasteiger partial charge in [-0.05, 0) is 96.3 Å². The standard InChI is InChI=1S/C83H148O17P2/c1-5-9-13-17-21-25-29-33-37-38-42-44-48-52-56-60-64-68-81(86)94-74-79(100-83(88)70-66-62-58-54-50-46-41-36-32-28-24-20-16-12-8-4)76-98-102(91,92)96-72-77(84)71-95-101(89,90)97-75-78(99-82(87)69-65-61-57-53-49-45-40-35-31-27-23-19-15-11-7-3)73-93-80(85)67-63-59-55-51-47-43-39-34-30-26-22-18-14-10-6-2/h9,13,21-22,25-26,33-34,37,39,42,44,52,56,77-79,84H,5-8,10-12,14-20,23-24,27-32,35-36,38,40-41,43,45-51,53-55,57-76H2,1-4H3,(H,89,90)(H,91,92)/b13-9-,25-21-,26-22-,37-33-,39-34-,44-42-,56-52-. The van der Waals surface area contributed by atoms with E-state index in [0.29, 0.717) is 32.1 Å². The number of unbranched alkanes of at least 4 members (excludes halogenated alkanes) is 37. The second-order valence-electron chi connectivity index (χ2n) is 27.3. The lowest BCUT2D eigenvalue weighted by atomic mass is 10.0. The number of phosphoric ester groups is 2. The maximum absolute atomic E-state index is 13.1. The van der Waals surface area contributed by atoms with E-state index in [2.05, 4.69) is 101 Å². The van der Waals surface area contributed by atoms with Gasteiger partial charge in [0.15, 0.2) is 12.2 Å². The third kappa shape index (κ3) is 74.5. The highest BCUT2D eigenvalue weighted by Crippen LogP contribution is 2.45. The molecule has 592 valence electrons. The van der Waals surface area contributed by atoms with Crippen LogP contribution in [0.15, 0.2) is 85.1 Å². The number of hydrogen-bond acceptors (Lipinski definition) is 15. The first-order chi connectivity index (χ1) is 49.7. The maximum atomic E-state index is 13.1. The van der Waals surface area contributed by atoms with Crippen LogP contribution >= 0.6 is 15.6 Å². The summed E-state index contributed by atoms with van der Waals surface area (Å²) in [6.07, 6.45) is 78.4. The molecule has 17 nitrogen and oxygen atoms in total. The van der Waals surface area contributed by atoms with Crippen LogP contribution in [0.3, 0.4) is 0 Å². The lowest BCUT2D eigenvalue weighted by molar-refractivity contribution is -0.161. The van der Waals surface area contributed by atoms with Crippen molar-refractivity contribution in [1.82, 2.24) is 0 Å². The molecule has 0 aliphatic rings. The van der Waals surface area contributed by atoms with Crippen molar-refractivity contribution in [2.75, 3.05) is 39.6 Å². The van der Waals surface area contributed by atoms with Gasteiger partial charge in [-0.15, -0.1) is 0 Å². The number of ether oxygens (including phenoxy) is 4. The van der Waals surface area contributed by atoms with Crippen molar-refractivity contribution in [1.29, 1.82) is 0 Å². The van der Waals surface area contributed by atoms with Crippen molar-refractivity contribution in [2.45, 2.75) is 380 Å². The van der Waals surface area contributed by atoms with E-state index in [9.17, 15) is 43.2 Å². The molecule has 0 aliphatic heterocycles. The van der Waals surface area contributed by atoms with Gasteiger partial charge in [-0.25, -0.2) is 9.13 Å². The van der Waals surface area contributed by atoms with Crippen molar-refractivity contribution in [3.8, 4) is 0 Å². The first-order valence-electron chi connectivity index (χ1n) is 40.8. The zero-order valence-corrected chi connectivity index (χ0v) is 66.6. The van der Waals surface area contributed by atoms with Gasteiger partial charge >= 0.3 is 39.5 Å². The molecule has 102 heavy (non-hydrogen) atoms. The van der Waals surface area contributed by atoms with E-state index in [0.717, 1.165) is 128 Å². The van der Waals surface area contributed by atoms with Gasteiger partial charge in [0.1, 0.15) is 19.3 Å². The summed E-state index contributed by atoms with van der Waals surface area (Å²) < 4.78 is 68.6. The van der Waals surface area contributed by atoms with Gasteiger partial charge in [-0.2, -0.15) is 0 Å². The van der Waals surface area contributed by atoms with Gasteiger partial charge in [0.25, 0.3) is 0 Å². The Labute approximate surface area is 621 Å². The topological polar surface area (TPSA) is 237 Å². The monoisotopic (exact) mass is 1480 g/mol. The number of rotatable bonds is 77. The minimum Gasteiger partial charge on any atom is -0.462 e. The van der Waals surface area contributed by atoms with E-state index < -0.39 is 97.5 Å². The van der Waals surface area contributed by atoms with Crippen molar-refractivity contribution in [3.63, 3.8) is 0 Å². The van der Waals surface area contributed by atoms with Crippen LogP contribution in [0.1, 0.15) is 362 Å². The van der Waals surface area contributed by atoms with Gasteiger partial charge in [0.2, 0.25) is 0 Å². The SMILES string of the molecule is CC/C=C\C/C=C\C/C=C\C/C=C\C/C=C\CCCC(=O)OCC(COP(=O)(O)OCC(O)COP(=O)(O)OCC(COC(=O)CCCCCCC/C=C\C/C=C\CCCCC)OC(=O)CCCCCCCCCCCCCCCCC)OC(=O)CCCCCCCCCCCCCCCCC. The minimum absolute atomic E-state index is 0.0861. The molecule has 0 fully saturated rings. The fourth-order valence-corrected chi connectivity index (χ4v) is 12.8. The molecule has 0 rings (SSSR count). The summed E-state index contributed by atoms with van der Waals surface area (Å²) >= 11 is 0. The zero-order chi connectivity index (χ0) is 74.6. The Balaban J connectivity index is 5.39. The molecule has 19 heteroatoms. The fraction of sp³-hybridized carbons (Fsp3) is 0.783. The minimum atomic E-state index is -4.99. The van der Waals surface area contributed by atoms with Crippen molar-refractivity contribution < 1.29 is 80.2 Å². The molecular weight excluding hydrogens is 1330 g/mol. The molecule has 0 aromatic rings. The van der Waals surface area contributed by atoms with Crippen LogP contribution in [0, 0.1) is 0 Å². The maximum Gasteiger partial charge on any atom is 0.472 e. The number of esters is 4. The van der Waals surface area contributed by atoms with Gasteiger partial charge < -0.3 is 33.8 Å². The average Bonchev–Trinajstić information content (AvgIpc) is 0.923. The second kappa shape index (κ2) is 75.5. The molecule has 0 spiro atoms. The number of aliphatic hydroxyl groups is 1. The average molecular weight is 1480 g/mol. The van der Waals surface area contributed by atoms with E-state index >= 15 is 0 Å². The molecule has 0 bridgehead atoms. The highest BCUT2D eigenvalue weighted by molar-refractivity contribution is 7.47. The molecule has 0 saturated carbocycles. The Hall–Kier alpha value is -3.76. The summed E-state index contributed by atoms with van der Waals surface area (Å²) in [4.78, 5) is 73.0. The van der Waals surface area contributed by atoms with Gasteiger partial charge in [0.05, 0.1) is 26.4 Å². The lowest BCUT2D eigenvalue weighted by Crippen LogP contribution is -2.30. The van der Waals surface area contributed by atoms with E-state index in [1.807, 2.05) is 12.2 Å². The predicted octanol–water partition coefficient (Wildman–Crippen LogP) is 23.8. The Morgan fingerprint density at radius 1 is 0.284 bits per heavy atom. The first-order valence-corrected chi connectivity index (χ1v) is 43.8. The van der Waals surface area contributed by atoms with Crippen LogP contribution in [-0.4, -0.2) is 96.7 Å². The highest BCUT2D eigenvalue weighted by atomic mass is 31.2. The van der Waals surface area contributed by atoms with Gasteiger partial charge in [0, 0.05) is 25.7 Å². The van der Waals surface area contributed by atoms with Crippen LogP contribution in [-0.2, 0) is 65.4 Å². The van der Waals surface area contributed by atoms with E-state index in [4.69, 9.17) is 37.0 Å². The number of phosphoric acid groups is 2. The Bertz CT molecular complexity index is 2260. The Morgan fingerprint density at radius 3 is 0.843 bits per heavy atom. The molecule has 0 aromatic heterocycles. The molecule has 5 unspecified atom stereocenters. The molecular formula is C83H148O17P2. The van der Waals surface area contributed by atoms with Crippen LogP contribution in [0.2, 0.25) is 0 Å². The van der Waals surface area contributed by atoms with E-state index in [-0.39, 0.29) is 25.7 Å². The number of hydrogen-bond donors (Lipinski definition) is 3. The van der Waals surface area contributed by atoms with Crippen molar-refractivity contribution in [3.05, 3.63) is 85.1 Å². The van der Waals surface area contributed by atoms with Crippen LogP contribution in [0.4, 0.5) is 0 Å². The number of aliphatic hydroxyl groups excluding tert-OH is 1. The third-order valence-electron chi connectivity index (χ3n) is 17.4. The van der Waals surface area contributed by atoms with E-state index in [1.165, 1.54) is 148 Å². The summed E-state index contributed by atoms with van der Waals surface area (Å²) in [5.41, 5.74) is 0. The van der Waals surface area contributed by atoms with Crippen LogP contribution < -0.4 is 0 Å². The Morgan fingerprint density at radius 2 is 0.520 bits per heavy atom. The lowest BCUT2D eigenvalue weighted by Gasteiger charge is -2.21. The summed E-state index contributed by atoms with van der Waals surface area (Å²) in [5, 5.41) is 10.6. The summed E-state index contributed by atoms with van der Waals surface area (Å²) in [7, 11) is -9.96. The normalized spacial score (nSPS) is 14.3. The van der Waals surface area contributed by atoms with Gasteiger partial charge in [-0.3, -0.25) is 37.3 Å². The molecule has 0 saturated heterocycles. The van der Waals surface area contributed by atoms with E-state index in [1.54, 1.807) is 0 Å². The summed E-state index contributed by atoms with van der Waals surface area (Å²) in [6, 6.07) is 0. The Kier molecular flexibility index (Phi) is 72.7. The summed E-state index contributed by atoms with van der Waals surface area (Å²) in [6.45, 7) is 4.73. The van der Waals surface area contributed by atoms with Crippen molar-refractivity contribution >= 4 is 39.5 Å². The molecule has 5 atom stereocenters. The van der Waals surface area contributed by atoms with Crippen LogP contribution in [0.5, 0.6) is 0 Å². The quantitative estimate of drug-likeness (QED) is 0.0169. The fourth-order valence-electron chi connectivity index (χ4n) is 11.2. The molecule has 0 amide bonds. The number of carbonyl (C=O) groups is 4. The molecule has 3 N–H and O–H groups in total. The third-order valence-corrected chi connectivity index (χ3v) is 19.3. The zero-order valence-electron chi connectivity index (χ0n) is 64.8. The van der Waals surface area contributed by atoms with Crippen LogP contribution in [0.25, 0.3) is 0 Å². The number of carbonyl (C=O) groups excluding carboxylic acids is 4. The second-order valence-corrected chi connectivity index (χ2v) is 30.3. The smallest absolute Gasteiger partial charge is 0.462 e. The summed E-state index contributed by atoms with van der Waals surface area (Å²) in [5.74, 6) is -2.23. The molecule has 0 heterocycles. The first kappa shape index (κ1) is 98.2. The largest absolute Gasteiger partial charge is 0.472 e. The molecule has 0 aromatic carbocycles. The molecule has 0 aliphatic carbocycles. The van der Waals surface area contributed by atoms with Gasteiger partial charge in [-0.1, -0.05) is 325 Å². The van der Waals surface area contributed by atoms with Crippen molar-refractivity contribution in [2.24, 2.45) is 0 Å².